The molecule has 1 amide bonds. The first-order valence-electron chi connectivity index (χ1n) is 6.91. The van der Waals surface area contributed by atoms with Gasteiger partial charge in [0.15, 0.2) is 5.16 Å². The number of H-pyrrole nitrogens is 1. The highest BCUT2D eigenvalue weighted by Gasteiger charge is 2.28. The van der Waals surface area contributed by atoms with Crippen molar-refractivity contribution in [2.24, 2.45) is 0 Å². The number of carbonyl (C=O) groups is 1. The summed E-state index contributed by atoms with van der Waals surface area (Å²) in [7, 11) is 1.57. The molecule has 0 radical (unpaired) electrons. The number of carbonyl (C=O) groups excluding carboxylic acids is 1. The fourth-order valence-electron chi connectivity index (χ4n) is 2.07. The Morgan fingerprint density at radius 3 is 3.09 bits per heavy atom. The van der Waals surface area contributed by atoms with E-state index in [1.807, 2.05) is 6.07 Å². The molecule has 22 heavy (non-hydrogen) atoms. The van der Waals surface area contributed by atoms with Crippen LogP contribution in [-0.4, -0.2) is 33.5 Å². The van der Waals surface area contributed by atoms with Gasteiger partial charge in [0.2, 0.25) is 5.91 Å². The van der Waals surface area contributed by atoms with E-state index < -0.39 is 0 Å². The van der Waals surface area contributed by atoms with Gasteiger partial charge in [0.05, 0.1) is 12.9 Å². The summed E-state index contributed by atoms with van der Waals surface area (Å²) < 4.78 is 6.74. The van der Waals surface area contributed by atoms with E-state index in [0.717, 1.165) is 12.8 Å². The standard InChI is InChI=1S/C14H16N4O3S/c1-21-11-4-2-3-9(7-11)15-12(19)8-22-14-17-16-13(20)18(14)10-5-6-10/h2-4,7,10H,5-6,8H2,1H3,(H,15,19)(H,16,20). The second-order valence-electron chi connectivity index (χ2n) is 4.98. The average Bonchev–Trinajstić information content (AvgIpc) is 3.28. The molecule has 2 N–H and O–H groups in total. The molecule has 0 saturated heterocycles. The molecular weight excluding hydrogens is 304 g/mol. The van der Waals surface area contributed by atoms with E-state index in [1.54, 1.807) is 29.9 Å². The second kappa shape index (κ2) is 6.27. The van der Waals surface area contributed by atoms with Gasteiger partial charge < -0.3 is 10.1 Å². The number of hydrogen-bond acceptors (Lipinski definition) is 5. The molecule has 0 atom stereocenters. The third kappa shape index (κ3) is 3.33. The summed E-state index contributed by atoms with van der Waals surface area (Å²) in [5.41, 5.74) is 0.463. The maximum atomic E-state index is 12.0. The highest BCUT2D eigenvalue weighted by atomic mass is 32.2. The molecule has 7 nitrogen and oxygen atoms in total. The Kier molecular flexibility index (Phi) is 4.19. The number of methoxy groups -OCH3 is 1. The van der Waals surface area contributed by atoms with Gasteiger partial charge in [-0.05, 0) is 25.0 Å². The summed E-state index contributed by atoms with van der Waals surface area (Å²) in [5.74, 6) is 0.713. The number of thioether (sulfide) groups is 1. The summed E-state index contributed by atoms with van der Waals surface area (Å²) in [5, 5.41) is 9.76. The van der Waals surface area contributed by atoms with Gasteiger partial charge in [-0.15, -0.1) is 5.10 Å². The lowest BCUT2D eigenvalue weighted by Gasteiger charge is -2.07. The molecule has 1 fully saturated rings. The molecule has 116 valence electrons. The van der Waals surface area contributed by atoms with E-state index in [4.69, 9.17) is 4.74 Å². The molecule has 1 aromatic heterocycles. The van der Waals surface area contributed by atoms with Crippen molar-refractivity contribution in [3.05, 3.63) is 34.7 Å². The zero-order valence-corrected chi connectivity index (χ0v) is 12.9. The fraction of sp³-hybridized carbons (Fsp3) is 0.357. The van der Waals surface area contributed by atoms with Crippen LogP contribution >= 0.6 is 11.8 Å². The third-order valence-electron chi connectivity index (χ3n) is 3.27. The molecule has 1 aliphatic carbocycles. The molecule has 0 aliphatic heterocycles. The van der Waals surface area contributed by atoms with Gasteiger partial charge in [-0.1, -0.05) is 17.8 Å². The van der Waals surface area contributed by atoms with Crippen LogP contribution < -0.4 is 15.7 Å². The normalized spacial score (nSPS) is 13.9. The molecule has 1 saturated carbocycles. The van der Waals surface area contributed by atoms with Gasteiger partial charge >= 0.3 is 5.69 Å². The quantitative estimate of drug-likeness (QED) is 0.790. The van der Waals surface area contributed by atoms with Gasteiger partial charge in [0, 0.05) is 17.8 Å². The van der Waals surface area contributed by atoms with Crippen LogP contribution in [0.3, 0.4) is 0 Å². The molecule has 0 unspecified atom stereocenters. The largest absolute Gasteiger partial charge is 0.497 e. The van der Waals surface area contributed by atoms with Crippen molar-refractivity contribution in [3.63, 3.8) is 0 Å². The minimum absolute atomic E-state index is 0.156. The van der Waals surface area contributed by atoms with Crippen molar-refractivity contribution < 1.29 is 9.53 Å². The molecule has 0 bridgehead atoms. The highest BCUT2D eigenvalue weighted by Crippen LogP contribution is 2.35. The van der Waals surface area contributed by atoms with E-state index in [1.165, 1.54) is 11.8 Å². The smallest absolute Gasteiger partial charge is 0.344 e. The van der Waals surface area contributed by atoms with Crippen molar-refractivity contribution in [3.8, 4) is 5.75 Å². The molecule has 3 rings (SSSR count). The van der Waals surface area contributed by atoms with Crippen LogP contribution in [0, 0.1) is 0 Å². The predicted octanol–water partition coefficient (Wildman–Crippen LogP) is 1.65. The number of amides is 1. The first-order valence-corrected chi connectivity index (χ1v) is 7.89. The Hall–Kier alpha value is -2.22. The first-order chi connectivity index (χ1) is 10.7. The predicted molar refractivity (Wildman–Crippen MR) is 83.5 cm³/mol. The topological polar surface area (TPSA) is 89.0 Å². The highest BCUT2D eigenvalue weighted by molar-refractivity contribution is 7.99. The van der Waals surface area contributed by atoms with Crippen LogP contribution in [0.1, 0.15) is 18.9 Å². The van der Waals surface area contributed by atoms with Crippen LogP contribution in [0.5, 0.6) is 5.75 Å². The summed E-state index contributed by atoms with van der Waals surface area (Å²) in [6.45, 7) is 0. The Labute approximate surface area is 131 Å². The third-order valence-corrected chi connectivity index (χ3v) is 4.22. The lowest BCUT2D eigenvalue weighted by atomic mass is 10.3. The van der Waals surface area contributed by atoms with Crippen molar-refractivity contribution in [2.75, 3.05) is 18.2 Å². The first kappa shape index (κ1) is 14.7. The van der Waals surface area contributed by atoms with Gasteiger partial charge in [0.25, 0.3) is 0 Å². The minimum atomic E-state index is -0.210. The van der Waals surface area contributed by atoms with E-state index in [-0.39, 0.29) is 23.4 Å². The van der Waals surface area contributed by atoms with Gasteiger partial charge in [-0.2, -0.15) is 0 Å². The lowest BCUT2D eigenvalue weighted by Crippen LogP contribution is -2.17. The Bertz CT molecular complexity index is 736. The molecule has 2 aromatic rings. The van der Waals surface area contributed by atoms with Crippen LogP contribution in [0.2, 0.25) is 0 Å². The van der Waals surface area contributed by atoms with E-state index >= 15 is 0 Å². The number of aromatic amines is 1. The Morgan fingerprint density at radius 1 is 1.55 bits per heavy atom. The molecule has 1 aliphatic rings. The maximum Gasteiger partial charge on any atom is 0.344 e. The minimum Gasteiger partial charge on any atom is -0.497 e. The SMILES string of the molecule is COc1cccc(NC(=O)CSc2n[nH]c(=O)n2C2CC2)c1. The Morgan fingerprint density at radius 2 is 2.36 bits per heavy atom. The molecule has 1 aromatic carbocycles. The molecular formula is C14H16N4O3S. The van der Waals surface area contributed by atoms with Crippen molar-refractivity contribution >= 4 is 23.4 Å². The number of nitrogens with zero attached hydrogens (tertiary/aromatic N) is 2. The number of nitrogens with one attached hydrogen (secondary N) is 2. The summed E-state index contributed by atoms with van der Waals surface area (Å²) in [6, 6.07) is 7.38. The van der Waals surface area contributed by atoms with E-state index in [9.17, 15) is 9.59 Å². The molecule has 8 heteroatoms. The van der Waals surface area contributed by atoms with Gasteiger partial charge in [0.1, 0.15) is 5.75 Å². The monoisotopic (exact) mass is 320 g/mol. The molecule has 1 heterocycles. The lowest BCUT2D eigenvalue weighted by molar-refractivity contribution is -0.113. The van der Waals surface area contributed by atoms with Crippen LogP contribution in [-0.2, 0) is 4.79 Å². The van der Waals surface area contributed by atoms with Crippen LogP contribution in [0.15, 0.2) is 34.2 Å². The van der Waals surface area contributed by atoms with Crippen molar-refractivity contribution in [1.82, 2.24) is 14.8 Å². The number of anilines is 1. The van der Waals surface area contributed by atoms with Crippen molar-refractivity contribution in [2.45, 2.75) is 24.0 Å². The second-order valence-corrected chi connectivity index (χ2v) is 5.92. The number of aromatic nitrogens is 3. The van der Waals surface area contributed by atoms with Gasteiger partial charge in [-0.25, -0.2) is 9.89 Å². The fourth-order valence-corrected chi connectivity index (χ4v) is 2.89. The maximum absolute atomic E-state index is 12.0. The summed E-state index contributed by atoms with van der Waals surface area (Å²) in [4.78, 5) is 23.6. The summed E-state index contributed by atoms with van der Waals surface area (Å²) >= 11 is 1.25. The summed E-state index contributed by atoms with van der Waals surface area (Å²) in [6.07, 6.45) is 1.98. The number of ether oxygens (including phenoxy) is 1. The zero-order valence-electron chi connectivity index (χ0n) is 12.0. The van der Waals surface area contributed by atoms with Crippen molar-refractivity contribution in [1.29, 1.82) is 0 Å². The van der Waals surface area contributed by atoms with Crippen LogP contribution in [0.4, 0.5) is 5.69 Å². The molecule has 0 spiro atoms. The average molecular weight is 320 g/mol. The number of rotatable bonds is 6. The number of hydrogen-bond donors (Lipinski definition) is 2. The van der Waals surface area contributed by atoms with E-state index in [0.29, 0.717) is 16.6 Å². The van der Waals surface area contributed by atoms with E-state index in [2.05, 4.69) is 15.5 Å². The number of benzene rings is 1. The van der Waals surface area contributed by atoms with Crippen LogP contribution in [0.25, 0.3) is 0 Å². The zero-order chi connectivity index (χ0) is 15.5. The Balaban J connectivity index is 1.59. The van der Waals surface area contributed by atoms with Gasteiger partial charge in [-0.3, -0.25) is 9.36 Å².